The minimum absolute atomic E-state index is 0.00893. The molecule has 0 spiro atoms. The number of amides is 2. The van der Waals surface area contributed by atoms with E-state index in [1.165, 1.54) is 16.2 Å². The molecule has 6 rings (SSSR count). The lowest BCUT2D eigenvalue weighted by molar-refractivity contribution is -0.122. The van der Waals surface area contributed by atoms with E-state index in [9.17, 15) is 14.4 Å². The summed E-state index contributed by atoms with van der Waals surface area (Å²) in [5.41, 5.74) is 2.59. The first kappa shape index (κ1) is 25.4. The number of thiophene rings is 1. The van der Waals surface area contributed by atoms with Crippen molar-refractivity contribution in [1.29, 1.82) is 0 Å². The fourth-order valence-electron chi connectivity index (χ4n) is 4.86. The van der Waals surface area contributed by atoms with Crippen LogP contribution in [0, 0.1) is 0 Å². The van der Waals surface area contributed by atoms with Gasteiger partial charge in [-0.25, -0.2) is 4.98 Å². The molecule has 1 N–H and O–H groups in total. The van der Waals surface area contributed by atoms with E-state index in [2.05, 4.69) is 21.4 Å². The summed E-state index contributed by atoms with van der Waals surface area (Å²) < 4.78 is 0. The van der Waals surface area contributed by atoms with E-state index >= 15 is 0 Å². The summed E-state index contributed by atoms with van der Waals surface area (Å²) in [5, 5.41) is 2.99. The van der Waals surface area contributed by atoms with Crippen LogP contribution >= 0.6 is 22.9 Å². The third-order valence-electron chi connectivity index (χ3n) is 7.04. The van der Waals surface area contributed by atoms with Gasteiger partial charge in [0.05, 0.1) is 21.5 Å². The molecule has 7 nitrogen and oxygen atoms in total. The first-order valence-electron chi connectivity index (χ1n) is 12.8. The summed E-state index contributed by atoms with van der Waals surface area (Å²) in [4.78, 5) is 52.4. The van der Waals surface area contributed by atoms with E-state index in [0.29, 0.717) is 28.6 Å². The normalized spacial score (nSPS) is 17.1. The van der Waals surface area contributed by atoms with Gasteiger partial charge in [-0.1, -0.05) is 29.8 Å². The van der Waals surface area contributed by atoms with Crippen molar-refractivity contribution in [2.75, 3.05) is 5.32 Å². The van der Waals surface area contributed by atoms with Crippen LogP contribution in [0.15, 0.2) is 73.1 Å². The fourth-order valence-corrected chi connectivity index (χ4v) is 6.46. The van der Waals surface area contributed by atoms with Crippen LogP contribution in [0.25, 0.3) is 0 Å². The highest BCUT2D eigenvalue weighted by atomic mass is 35.5. The molecule has 1 atom stereocenters. The monoisotopic (exact) mass is 556 g/mol. The van der Waals surface area contributed by atoms with Crippen LogP contribution in [0.2, 0.25) is 5.02 Å². The minimum atomic E-state index is -0.665. The number of aromatic nitrogens is 2. The first-order chi connectivity index (χ1) is 19.0. The molecule has 0 bridgehead atoms. The molecule has 1 saturated carbocycles. The summed E-state index contributed by atoms with van der Waals surface area (Å²) >= 11 is 8.06. The Labute approximate surface area is 234 Å². The smallest absolute Gasteiger partial charge is 0.265 e. The highest BCUT2D eigenvalue weighted by Gasteiger charge is 2.38. The van der Waals surface area contributed by atoms with Crippen LogP contribution in [0.5, 0.6) is 0 Å². The van der Waals surface area contributed by atoms with Gasteiger partial charge in [-0.2, -0.15) is 0 Å². The topological polar surface area (TPSA) is 92.3 Å². The Morgan fingerprint density at radius 3 is 2.51 bits per heavy atom. The van der Waals surface area contributed by atoms with Crippen molar-refractivity contribution < 1.29 is 14.4 Å². The Morgan fingerprint density at radius 2 is 1.82 bits per heavy atom. The molecule has 1 fully saturated rings. The Morgan fingerprint density at radius 1 is 1.03 bits per heavy atom. The maximum atomic E-state index is 14.0. The molecule has 0 radical (unpaired) electrons. The van der Waals surface area contributed by atoms with Crippen molar-refractivity contribution >= 4 is 46.4 Å². The molecule has 9 heteroatoms. The molecular formula is C30H25ClN4O3S. The minimum Gasteiger partial charge on any atom is -0.323 e. The van der Waals surface area contributed by atoms with Gasteiger partial charge < -0.3 is 10.2 Å². The molecule has 1 aliphatic carbocycles. The summed E-state index contributed by atoms with van der Waals surface area (Å²) in [7, 11) is 0. The van der Waals surface area contributed by atoms with Gasteiger partial charge in [0.15, 0.2) is 5.78 Å². The van der Waals surface area contributed by atoms with Gasteiger partial charge in [0, 0.05) is 42.4 Å². The van der Waals surface area contributed by atoms with Gasteiger partial charge >= 0.3 is 0 Å². The van der Waals surface area contributed by atoms with Gasteiger partial charge in [0.2, 0.25) is 0 Å². The van der Waals surface area contributed by atoms with E-state index in [0.717, 1.165) is 29.7 Å². The first-order valence-corrected chi connectivity index (χ1v) is 14.0. The zero-order valence-electron chi connectivity index (χ0n) is 21.0. The van der Waals surface area contributed by atoms with E-state index < -0.39 is 6.04 Å². The molecular weight excluding hydrogens is 532 g/mol. The average Bonchev–Trinajstić information content (AvgIpc) is 3.72. The predicted molar refractivity (Wildman–Crippen MR) is 150 cm³/mol. The molecule has 4 aromatic rings. The SMILES string of the molecule is O=C(Nc1ccccn1)c1ccc(CN2C(=O)c3sc(C4CC4)cc3CC(=O)C2Cc2ccccn2)cc1Cl. The number of benzene rings is 1. The molecule has 3 aromatic heterocycles. The molecule has 196 valence electrons. The average molecular weight is 557 g/mol. The number of Topliss-reactive ketones (excluding diaryl/α,β-unsaturated/α-hetero) is 1. The maximum absolute atomic E-state index is 14.0. The molecule has 1 aliphatic heterocycles. The van der Waals surface area contributed by atoms with Crippen molar-refractivity contribution in [2.24, 2.45) is 0 Å². The van der Waals surface area contributed by atoms with Crippen LogP contribution in [0.3, 0.4) is 0 Å². The van der Waals surface area contributed by atoms with Crippen molar-refractivity contribution in [3.8, 4) is 0 Å². The molecule has 2 aliphatic rings. The lowest BCUT2D eigenvalue weighted by Gasteiger charge is -2.29. The number of hydrogen-bond donors (Lipinski definition) is 1. The molecule has 1 aromatic carbocycles. The summed E-state index contributed by atoms with van der Waals surface area (Å²) in [6.07, 6.45) is 6.10. The van der Waals surface area contributed by atoms with Crippen LogP contribution in [-0.4, -0.2) is 38.5 Å². The zero-order valence-corrected chi connectivity index (χ0v) is 22.5. The quantitative estimate of drug-likeness (QED) is 0.315. The highest BCUT2D eigenvalue weighted by molar-refractivity contribution is 7.14. The standard InChI is InChI=1S/C30H25ClN4O3S/c31-23-13-18(7-10-22(23)29(37)34-27-6-2-4-12-33-27)17-35-24(16-21-5-1-3-11-32-21)25(36)14-20-15-26(19-8-9-19)39-28(20)30(35)38/h1-7,10-13,15,19,24H,8-9,14,16-17H2,(H,33,34,37). The van der Waals surface area contributed by atoms with Crippen molar-refractivity contribution in [2.45, 2.75) is 44.2 Å². The number of fused-ring (bicyclic) bond motifs is 1. The molecule has 39 heavy (non-hydrogen) atoms. The number of carbonyl (C=O) groups excluding carboxylic acids is 3. The van der Waals surface area contributed by atoms with E-state index in [1.54, 1.807) is 53.7 Å². The second-order valence-corrected chi connectivity index (χ2v) is 11.4. The number of halogens is 1. The lowest BCUT2D eigenvalue weighted by atomic mass is 10.00. The Hall–Kier alpha value is -3.88. The summed E-state index contributed by atoms with van der Waals surface area (Å²) in [5.74, 6) is 0.388. The summed E-state index contributed by atoms with van der Waals surface area (Å²) in [6.45, 7) is 0.181. The second kappa shape index (κ2) is 10.7. The number of pyridine rings is 2. The van der Waals surface area contributed by atoms with Crippen molar-refractivity contribution in [3.63, 3.8) is 0 Å². The van der Waals surface area contributed by atoms with E-state index in [-0.39, 0.29) is 35.6 Å². The van der Waals surface area contributed by atoms with Gasteiger partial charge in [-0.3, -0.25) is 19.4 Å². The number of anilines is 1. The van der Waals surface area contributed by atoms with Crippen LogP contribution in [0.1, 0.15) is 60.5 Å². The molecule has 2 amide bonds. The van der Waals surface area contributed by atoms with Crippen molar-refractivity contribution in [1.82, 2.24) is 14.9 Å². The number of rotatable bonds is 7. The number of nitrogens with one attached hydrogen (secondary N) is 1. The summed E-state index contributed by atoms with van der Waals surface area (Å²) in [6, 6.07) is 17.3. The number of nitrogens with zero attached hydrogens (tertiary/aromatic N) is 3. The number of hydrogen-bond acceptors (Lipinski definition) is 6. The van der Waals surface area contributed by atoms with Gasteiger partial charge in [0.25, 0.3) is 11.8 Å². The number of ketones is 1. The Kier molecular flexibility index (Phi) is 6.97. The lowest BCUT2D eigenvalue weighted by Crippen LogP contribution is -2.44. The van der Waals surface area contributed by atoms with Crippen LogP contribution < -0.4 is 5.32 Å². The van der Waals surface area contributed by atoms with Crippen LogP contribution in [-0.2, 0) is 24.2 Å². The van der Waals surface area contributed by atoms with Crippen molar-refractivity contribution in [3.05, 3.63) is 110 Å². The molecule has 4 heterocycles. The predicted octanol–water partition coefficient (Wildman–Crippen LogP) is 5.70. The fraction of sp³-hybridized carbons (Fsp3) is 0.233. The Bertz CT molecular complexity index is 1550. The second-order valence-electron chi connectivity index (χ2n) is 9.88. The Balaban J connectivity index is 1.29. The molecule has 0 saturated heterocycles. The van der Waals surface area contributed by atoms with Gasteiger partial charge in [0.1, 0.15) is 5.82 Å². The molecule has 1 unspecified atom stereocenters. The van der Waals surface area contributed by atoms with E-state index in [4.69, 9.17) is 11.6 Å². The maximum Gasteiger partial charge on any atom is 0.265 e. The third kappa shape index (κ3) is 5.48. The highest BCUT2D eigenvalue weighted by Crippen LogP contribution is 2.45. The third-order valence-corrected chi connectivity index (χ3v) is 8.68. The zero-order chi connectivity index (χ0) is 26.9. The van der Waals surface area contributed by atoms with Crippen LogP contribution in [0.4, 0.5) is 5.82 Å². The largest absolute Gasteiger partial charge is 0.323 e. The number of carbonyl (C=O) groups is 3. The van der Waals surface area contributed by atoms with Gasteiger partial charge in [-0.15, -0.1) is 11.3 Å². The van der Waals surface area contributed by atoms with Gasteiger partial charge in [-0.05, 0) is 72.4 Å². The van der Waals surface area contributed by atoms with E-state index in [1.807, 2.05) is 18.2 Å².